The predicted molar refractivity (Wildman–Crippen MR) is 153 cm³/mol. The molecule has 1 aromatic heterocycles. The molecule has 1 aliphatic rings. The Morgan fingerprint density at radius 3 is 2.50 bits per heavy atom. The van der Waals surface area contributed by atoms with Crippen molar-refractivity contribution < 1.29 is 4.79 Å². The van der Waals surface area contributed by atoms with Gasteiger partial charge in [-0.1, -0.05) is 72.6 Å². The molecule has 2 heterocycles. The molecule has 0 atom stereocenters. The van der Waals surface area contributed by atoms with Crippen molar-refractivity contribution in [1.82, 2.24) is 9.47 Å². The molecular weight excluding hydrogens is 509 g/mol. The zero-order chi connectivity index (χ0) is 25.2. The van der Waals surface area contributed by atoms with Crippen molar-refractivity contribution in [2.24, 2.45) is 4.99 Å². The van der Waals surface area contributed by atoms with Crippen LogP contribution in [0.5, 0.6) is 0 Å². The number of aliphatic imine (C=N–C) groups is 1. The summed E-state index contributed by atoms with van der Waals surface area (Å²) < 4.78 is 2.24. The number of nitrogens with zero attached hydrogens (tertiary/aromatic N) is 3. The quantitative estimate of drug-likeness (QED) is 0.233. The molecule has 0 bridgehead atoms. The molecule has 1 saturated heterocycles. The lowest BCUT2D eigenvalue weighted by molar-refractivity contribution is -0.122. The monoisotopic (exact) mass is 533 g/mol. The van der Waals surface area contributed by atoms with Crippen molar-refractivity contribution >= 4 is 68.7 Å². The molecule has 4 nitrogen and oxygen atoms in total. The van der Waals surface area contributed by atoms with Crippen molar-refractivity contribution in [3.63, 3.8) is 0 Å². The highest BCUT2D eigenvalue weighted by Crippen LogP contribution is 2.37. The molecular formula is C29H25Cl2N3OS. The van der Waals surface area contributed by atoms with Crippen LogP contribution in [0.4, 0.5) is 5.69 Å². The van der Waals surface area contributed by atoms with Gasteiger partial charge < -0.3 is 4.57 Å². The second kappa shape index (κ2) is 10.6. The van der Waals surface area contributed by atoms with Crippen LogP contribution < -0.4 is 0 Å². The molecule has 0 unspecified atom stereocenters. The maximum Gasteiger partial charge on any atom is 0.266 e. The first-order valence-corrected chi connectivity index (χ1v) is 13.4. The number of carbonyl (C=O) groups excluding carboxylic acids is 1. The van der Waals surface area contributed by atoms with Crippen molar-refractivity contribution in [2.75, 3.05) is 6.54 Å². The van der Waals surface area contributed by atoms with Gasteiger partial charge in [-0.25, -0.2) is 4.99 Å². The molecule has 182 valence electrons. The van der Waals surface area contributed by atoms with E-state index >= 15 is 0 Å². The van der Waals surface area contributed by atoms with Gasteiger partial charge in [-0.15, -0.1) is 0 Å². The third-order valence-corrected chi connectivity index (χ3v) is 7.81. The van der Waals surface area contributed by atoms with Gasteiger partial charge in [0.15, 0.2) is 5.17 Å². The lowest BCUT2D eigenvalue weighted by atomic mass is 10.1. The molecule has 1 fully saturated rings. The molecule has 0 N–H and O–H groups in total. The van der Waals surface area contributed by atoms with E-state index in [-0.39, 0.29) is 5.91 Å². The van der Waals surface area contributed by atoms with Gasteiger partial charge in [-0.2, -0.15) is 0 Å². The van der Waals surface area contributed by atoms with E-state index in [1.54, 1.807) is 11.0 Å². The lowest BCUT2D eigenvalue weighted by Crippen LogP contribution is -2.29. The molecule has 1 amide bonds. The Labute approximate surface area is 225 Å². The molecule has 3 aromatic carbocycles. The number of rotatable bonds is 6. The van der Waals surface area contributed by atoms with Gasteiger partial charge in [0, 0.05) is 45.3 Å². The van der Waals surface area contributed by atoms with Crippen molar-refractivity contribution in [1.29, 1.82) is 0 Å². The van der Waals surface area contributed by atoms with E-state index in [0.29, 0.717) is 33.2 Å². The third-order valence-electron chi connectivity index (χ3n) is 6.21. The fraction of sp³-hybridized carbons (Fsp3) is 0.172. The summed E-state index contributed by atoms with van der Waals surface area (Å²) in [6, 6.07) is 23.6. The summed E-state index contributed by atoms with van der Waals surface area (Å²) in [6.07, 6.45) is 2.87. The number of thioether (sulfide) groups is 1. The second-order valence-electron chi connectivity index (χ2n) is 8.64. The Balaban J connectivity index is 1.57. The van der Waals surface area contributed by atoms with Gasteiger partial charge in [0.2, 0.25) is 0 Å². The van der Waals surface area contributed by atoms with Crippen LogP contribution in [0, 0.1) is 6.92 Å². The van der Waals surface area contributed by atoms with Crippen LogP contribution in [0.15, 0.2) is 82.7 Å². The SMILES string of the molecule is CCCN1C(=O)/C(=C\c2c(C)n(Cc3ccc(Cl)cc3Cl)c3ccccc23)SC1=Nc1ccccc1. The fourth-order valence-electron chi connectivity index (χ4n) is 4.42. The first-order valence-electron chi connectivity index (χ1n) is 11.8. The van der Waals surface area contributed by atoms with E-state index in [1.165, 1.54) is 11.8 Å². The number of amides is 1. The average Bonchev–Trinajstić information content (AvgIpc) is 3.30. The number of amidine groups is 1. The summed E-state index contributed by atoms with van der Waals surface area (Å²) in [5.41, 5.74) is 5.01. The summed E-state index contributed by atoms with van der Waals surface area (Å²) in [6.45, 7) is 5.39. The van der Waals surface area contributed by atoms with Crippen LogP contribution >= 0.6 is 35.0 Å². The minimum Gasteiger partial charge on any atom is -0.340 e. The van der Waals surface area contributed by atoms with Crippen LogP contribution in [-0.4, -0.2) is 27.1 Å². The number of carbonyl (C=O) groups is 1. The van der Waals surface area contributed by atoms with E-state index in [1.807, 2.05) is 60.7 Å². The Bertz CT molecular complexity index is 1510. The largest absolute Gasteiger partial charge is 0.340 e. The van der Waals surface area contributed by atoms with Gasteiger partial charge >= 0.3 is 0 Å². The van der Waals surface area contributed by atoms with Crippen LogP contribution in [0.25, 0.3) is 17.0 Å². The minimum atomic E-state index is -0.00601. The average molecular weight is 535 g/mol. The van der Waals surface area contributed by atoms with Crippen LogP contribution in [0.1, 0.15) is 30.2 Å². The molecule has 0 saturated carbocycles. The molecule has 1 aliphatic heterocycles. The lowest BCUT2D eigenvalue weighted by Gasteiger charge is -2.13. The minimum absolute atomic E-state index is 0.00601. The third kappa shape index (κ3) is 4.83. The number of halogens is 2. The molecule has 5 rings (SSSR count). The van der Waals surface area contributed by atoms with E-state index in [4.69, 9.17) is 28.2 Å². The highest BCUT2D eigenvalue weighted by Gasteiger charge is 2.33. The number of hydrogen-bond donors (Lipinski definition) is 0. The Morgan fingerprint density at radius 1 is 1.00 bits per heavy atom. The first-order chi connectivity index (χ1) is 17.5. The Morgan fingerprint density at radius 2 is 1.75 bits per heavy atom. The van der Waals surface area contributed by atoms with Crippen molar-refractivity contribution in [2.45, 2.75) is 26.8 Å². The van der Waals surface area contributed by atoms with Gasteiger partial charge in [-0.05, 0) is 67.1 Å². The summed E-state index contributed by atoms with van der Waals surface area (Å²) >= 11 is 14.0. The number of aromatic nitrogens is 1. The second-order valence-corrected chi connectivity index (χ2v) is 10.5. The maximum atomic E-state index is 13.4. The first kappa shape index (κ1) is 24.7. The zero-order valence-corrected chi connectivity index (χ0v) is 22.4. The van der Waals surface area contributed by atoms with E-state index in [2.05, 4.69) is 30.5 Å². The molecule has 36 heavy (non-hydrogen) atoms. The molecule has 0 aliphatic carbocycles. The molecule has 0 spiro atoms. The summed E-state index contributed by atoms with van der Waals surface area (Å²) in [7, 11) is 0. The van der Waals surface area contributed by atoms with Gasteiger partial charge in [-0.3, -0.25) is 9.69 Å². The standard InChI is InChI=1S/C29H25Cl2N3OS/c1-3-15-33-28(35)27(36-29(33)32-22-9-5-4-6-10-22)17-24-19(2)34(26-12-8-7-11-23(24)26)18-20-13-14-21(30)16-25(20)31/h4-14,16-17H,3,15,18H2,1-2H3/b27-17+,32-29?. The maximum absolute atomic E-state index is 13.4. The van der Waals surface area contributed by atoms with Crippen molar-refractivity contribution in [3.8, 4) is 0 Å². The van der Waals surface area contributed by atoms with Gasteiger partial charge in [0.25, 0.3) is 5.91 Å². The van der Waals surface area contributed by atoms with E-state index in [9.17, 15) is 4.79 Å². The Hall–Kier alpha value is -2.99. The topological polar surface area (TPSA) is 37.6 Å². The highest BCUT2D eigenvalue weighted by molar-refractivity contribution is 8.18. The van der Waals surface area contributed by atoms with Gasteiger partial charge in [0.1, 0.15) is 0 Å². The number of benzene rings is 3. The summed E-state index contributed by atoms with van der Waals surface area (Å²) in [5, 5.41) is 3.06. The van der Waals surface area contributed by atoms with E-state index < -0.39 is 0 Å². The molecule has 7 heteroatoms. The van der Waals surface area contributed by atoms with Crippen LogP contribution in [0.3, 0.4) is 0 Å². The number of hydrogen-bond acceptors (Lipinski definition) is 3. The van der Waals surface area contributed by atoms with Crippen LogP contribution in [0.2, 0.25) is 10.0 Å². The predicted octanol–water partition coefficient (Wildman–Crippen LogP) is 8.32. The van der Waals surface area contributed by atoms with Crippen LogP contribution in [-0.2, 0) is 11.3 Å². The van der Waals surface area contributed by atoms with E-state index in [0.717, 1.165) is 39.8 Å². The molecule has 4 aromatic rings. The number of para-hydroxylation sites is 2. The Kier molecular flexibility index (Phi) is 7.24. The fourth-order valence-corrected chi connectivity index (χ4v) is 5.89. The number of fused-ring (bicyclic) bond motifs is 1. The summed E-state index contributed by atoms with van der Waals surface area (Å²) in [4.78, 5) is 20.7. The normalized spacial score (nSPS) is 16.1. The van der Waals surface area contributed by atoms with Gasteiger partial charge in [0.05, 0.1) is 10.6 Å². The zero-order valence-electron chi connectivity index (χ0n) is 20.0. The summed E-state index contributed by atoms with van der Waals surface area (Å²) in [5.74, 6) is -0.00601. The molecule has 0 radical (unpaired) electrons. The van der Waals surface area contributed by atoms with Crippen molar-refractivity contribution in [3.05, 3.63) is 105 Å². The smallest absolute Gasteiger partial charge is 0.266 e. The highest BCUT2D eigenvalue weighted by atomic mass is 35.5.